The molecule has 0 radical (unpaired) electrons. The Bertz CT molecular complexity index is 517. The third-order valence-electron chi connectivity index (χ3n) is 3.04. The van der Waals surface area contributed by atoms with Crippen molar-refractivity contribution in [3.63, 3.8) is 0 Å². The summed E-state index contributed by atoms with van der Waals surface area (Å²) in [7, 11) is 0. The average molecular weight is 271 g/mol. The fourth-order valence-electron chi connectivity index (χ4n) is 1.86. The molecule has 0 saturated heterocycles. The van der Waals surface area contributed by atoms with Crippen LogP contribution < -0.4 is 5.32 Å². The van der Waals surface area contributed by atoms with Crippen LogP contribution in [-0.4, -0.2) is 22.2 Å². The minimum absolute atomic E-state index is 0.0692. The minimum atomic E-state index is -3.77. The predicted octanol–water partition coefficient (Wildman–Crippen LogP) is 2.56. The minimum Gasteiger partial charge on any atom is -0.381 e. The third kappa shape index (κ3) is 1.89. The van der Waals surface area contributed by atoms with Gasteiger partial charge in [-0.2, -0.15) is 8.78 Å². The van der Waals surface area contributed by atoms with E-state index in [-0.39, 0.29) is 11.3 Å². The molecule has 96 valence electrons. The summed E-state index contributed by atoms with van der Waals surface area (Å²) in [4.78, 5) is 12.1. The van der Waals surface area contributed by atoms with E-state index in [2.05, 4.69) is 5.32 Å². The number of nitrogens with one attached hydrogen (secondary N) is 1. The molecule has 1 atom stereocenters. The first-order valence-corrected chi connectivity index (χ1v) is 6.54. The van der Waals surface area contributed by atoms with Gasteiger partial charge in [0.15, 0.2) is 6.10 Å². The van der Waals surface area contributed by atoms with Gasteiger partial charge in [0.25, 0.3) is 5.91 Å². The Morgan fingerprint density at radius 1 is 1.39 bits per heavy atom. The van der Waals surface area contributed by atoms with Crippen molar-refractivity contribution < 1.29 is 18.7 Å². The predicted molar refractivity (Wildman–Crippen MR) is 63.9 cm³/mol. The number of thioether (sulfide) groups is 1. The van der Waals surface area contributed by atoms with E-state index in [1.165, 1.54) is 6.07 Å². The van der Waals surface area contributed by atoms with Gasteiger partial charge in [0.1, 0.15) is 0 Å². The van der Waals surface area contributed by atoms with Crippen molar-refractivity contribution in [3.8, 4) is 0 Å². The lowest BCUT2D eigenvalue weighted by molar-refractivity contribution is -0.159. The molecular weight excluding hydrogens is 260 g/mol. The number of carbonyl (C=O) groups is 1. The molecule has 3 rings (SSSR count). The number of fused-ring (bicyclic) bond motifs is 1. The van der Waals surface area contributed by atoms with E-state index < -0.39 is 17.9 Å². The Kier molecular flexibility index (Phi) is 2.60. The zero-order valence-electron chi connectivity index (χ0n) is 9.32. The Labute approximate surface area is 107 Å². The van der Waals surface area contributed by atoms with Crippen LogP contribution in [0.4, 0.5) is 14.5 Å². The Morgan fingerprint density at radius 2 is 2.11 bits per heavy atom. The van der Waals surface area contributed by atoms with Crippen LogP contribution >= 0.6 is 11.8 Å². The lowest BCUT2D eigenvalue weighted by atomic mass is 9.97. The number of amides is 1. The van der Waals surface area contributed by atoms with Gasteiger partial charge >= 0.3 is 5.92 Å². The van der Waals surface area contributed by atoms with Crippen LogP contribution in [0.3, 0.4) is 0 Å². The van der Waals surface area contributed by atoms with Gasteiger partial charge in [-0.1, -0.05) is 6.07 Å². The van der Waals surface area contributed by atoms with E-state index in [0.717, 1.165) is 17.7 Å². The van der Waals surface area contributed by atoms with Gasteiger partial charge in [-0.25, -0.2) is 0 Å². The maximum Gasteiger partial charge on any atom is 0.354 e. The second-order valence-electron chi connectivity index (χ2n) is 4.55. The van der Waals surface area contributed by atoms with Gasteiger partial charge in [0, 0.05) is 21.4 Å². The summed E-state index contributed by atoms with van der Waals surface area (Å²) in [6.45, 7) is 0. The van der Waals surface area contributed by atoms with E-state index in [0.29, 0.717) is 5.25 Å². The van der Waals surface area contributed by atoms with Crippen molar-refractivity contribution in [1.29, 1.82) is 0 Å². The van der Waals surface area contributed by atoms with Crippen molar-refractivity contribution in [1.82, 2.24) is 0 Å². The second-order valence-corrected chi connectivity index (χ2v) is 5.92. The molecule has 1 aliphatic heterocycles. The van der Waals surface area contributed by atoms with Crippen molar-refractivity contribution in [2.75, 3.05) is 5.32 Å². The smallest absolute Gasteiger partial charge is 0.354 e. The van der Waals surface area contributed by atoms with Gasteiger partial charge < -0.3 is 10.4 Å². The molecule has 1 heterocycles. The molecule has 1 fully saturated rings. The summed E-state index contributed by atoms with van der Waals surface area (Å²) in [6.07, 6.45) is 0.255. The standard InChI is InChI=1S/C12H11F2NO2S/c13-12(14)10(16)8-4-3-7(18-6-1-2-6)5-9(8)15-11(12)17/h3-6,10,16H,1-2H2,(H,15,17)/t10-/m0/s1. The number of carbonyl (C=O) groups excluding carboxylic acids is 1. The van der Waals surface area contributed by atoms with Crippen molar-refractivity contribution >= 4 is 23.4 Å². The van der Waals surface area contributed by atoms with E-state index in [1.807, 2.05) is 0 Å². The largest absolute Gasteiger partial charge is 0.381 e. The Morgan fingerprint density at radius 3 is 2.78 bits per heavy atom. The summed E-state index contributed by atoms with van der Waals surface area (Å²) in [5.41, 5.74) is 0.351. The van der Waals surface area contributed by atoms with Gasteiger partial charge in [0.05, 0.1) is 0 Å². The molecule has 1 aromatic carbocycles. The first-order valence-electron chi connectivity index (χ1n) is 5.66. The number of hydrogen-bond acceptors (Lipinski definition) is 3. The lowest BCUT2D eigenvalue weighted by Crippen LogP contribution is -2.44. The molecule has 18 heavy (non-hydrogen) atoms. The molecule has 1 saturated carbocycles. The molecule has 2 N–H and O–H groups in total. The Balaban J connectivity index is 1.94. The monoisotopic (exact) mass is 271 g/mol. The molecule has 0 unspecified atom stereocenters. The van der Waals surface area contributed by atoms with Crippen LogP contribution in [0.15, 0.2) is 23.1 Å². The highest BCUT2D eigenvalue weighted by molar-refractivity contribution is 8.00. The first kappa shape index (κ1) is 11.9. The normalized spacial score (nSPS) is 25.5. The van der Waals surface area contributed by atoms with E-state index in [1.54, 1.807) is 23.9 Å². The summed E-state index contributed by atoms with van der Waals surface area (Å²) in [6, 6.07) is 4.81. The summed E-state index contributed by atoms with van der Waals surface area (Å²) >= 11 is 1.66. The fraction of sp³-hybridized carbons (Fsp3) is 0.417. The van der Waals surface area contributed by atoms with Crippen molar-refractivity contribution in [3.05, 3.63) is 23.8 Å². The second kappa shape index (κ2) is 3.93. The molecule has 1 amide bonds. The summed E-state index contributed by atoms with van der Waals surface area (Å²) < 4.78 is 26.6. The molecule has 0 aromatic heterocycles. The average Bonchev–Trinajstić information content (AvgIpc) is 3.11. The lowest BCUT2D eigenvalue weighted by Gasteiger charge is -2.29. The van der Waals surface area contributed by atoms with Gasteiger partial charge in [-0.15, -0.1) is 11.8 Å². The van der Waals surface area contributed by atoms with Crippen LogP contribution in [0.25, 0.3) is 0 Å². The van der Waals surface area contributed by atoms with Crippen LogP contribution in [0.1, 0.15) is 24.5 Å². The molecule has 0 bridgehead atoms. The number of rotatable bonds is 2. The highest BCUT2D eigenvalue weighted by Gasteiger charge is 2.51. The molecule has 6 heteroatoms. The zero-order chi connectivity index (χ0) is 12.9. The van der Waals surface area contributed by atoms with Crippen LogP contribution in [0.5, 0.6) is 0 Å². The van der Waals surface area contributed by atoms with Gasteiger partial charge in [0.2, 0.25) is 0 Å². The summed E-state index contributed by atoms with van der Waals surface area (Å²) in [5.74, 6) is -5.21. The molecule has 1 aromatic rings. The number of benzene rings is 1. The highest BCUT2D eigenvalue weighted by atomic mass is 32.2. The quantitative estimate of drug-likeness (QED) is 0.869. The van der Waals surface area contributed by atoms with E-state index in [9.17, 15) is 18.7 Å². The van der Waals surface area contributed by atoms with Crippen molar-refractivity contribution in [2.24, 2.45) is 0 Å². The molecule has 2 aliphatic rings. The van der Waals surface area contributed by atoms with Crippen LogP contribution in [0, 0.1) is 0 Å². The van der Waals surface area contributed by atoms with Crippen LogP contribution in [0.2, 0.25) is 0 Å². The summed E-state index contributed by atoms with van der Waals surface area (Å²) in [5, 5.41) is 12.3. The molecule has 0 spiro atoms. The SMILES string of the molecule is O=C1Nc2cc(SC3CC3)ccc2[C@H](O)C1(F)F. The van der Waals surface area contributed by atoms with E-state index >= 15 is 0 Å². The maximum absolute atomic E-state index is 13.3. The van der Waals surface area contributed by atoms with Crippen molar-refractivity contribution in [2.45, 2.75) is 35.0 Å². The highest BCUT2D eigenvalue weighted by Crippen LogP contribution is 2.44. The van der Waals surface area contributed by atoms with E-state index in [4.69, 9.17) is 0 Å². The number of halogens is 2. The van der Waals surface area contributed by atoms with Gasteiger partial charge in [-0.05, 0) is 25.0 Å². The molecular formula is C12H11F2NO2S. The zero-order valence-corrected chi connectivity index (χ0v) is 10.1. The fourth-order valence-corrected chi connectivity index (χ4v) is 2.95. The number of aliphatic hydroxyl groups is 1. The topological polar surface area (TPSA) is 49.3 Å². The number of alkyl halides is 2. The number of hydrogen-bond donors (Lipinski definition) is 2. The maximum atomic E-state index is 13.3. The van der Waals surface area contributed by atoms with Crippen LogP contribution in [-0.2, 0) is 4.79 Å². The molecule has 1 aliphatic carbocycles. The third-order valence-corrected chi connectivity index (χ3v) is 4.37. The number of anilines is 1. The Hall–Kier alpha value is -1.14. The molecule has 3 nitrogen and oxygen atoms in total. The van der Waals surface area contributed by atoms with Gasteiger partial charge in [-0.3, -0.25) is 4.79 Å². The first-order chi connectivity index (χ1) is 8.48. The number of aliphatic hydroxyl groups excluding tert-OH is 1.